The summed E-state index contributed by atoms with van der Waals surface area (Å²) in [6.45, 7) is 9.35. The summed E-state index contributed by atoms with van der Waals surface area (Å²) in [4.78, 5) is 0. The highest BCUT2D eigenvalue weighted by Gasteiger charge is 2.14. The van der Waals surface area contributed by atoms with Gasteiger partial charge in [0.25, 0.3) is 0 Å². The predicted molar refractivity (Wildman–Crippen MR) is 80.5 cm³/mol. The summed E-state index contributed by atoms with van der Waals surface area (Å²) in [5, 5.41) is 0. The van der Waals surface area contributed by atoms with Crippen LogP contribution in [0.3, 0.4) is 0 Å². The summed E-state index contributed by atoms with van der Waals surface area (Å²) in [5.74, 6) is 2.03. The smallest absolute Gasteiger partial charge is 0.0412 e. The molecule has 0 rings (SSSR count). The molecule has 0 radical (unpaired) electrons. The molecule has 0 spiro atoms. The molecule has 0 aliphatic carbocycles. The lowest BCUT2D eigenvalue weighted by Gasteiger charge is -2.22. The Labute approximate surface area is 111 Å². The first-order valence-corrected chi connectivity index (χ1v) is 8.28. The zero-order chi connectivity index (χ0) is 12.9. The Morgan fingerprint density at radius 3 is 1.35 bits per heavy atom. The van der Waals surface area contributed by atoms with Crippen molar-refractivity contribution in [1.29, 1.82) is 0 Å². The third kappa shape index (κ3) is 9.68. The highest BCUT2D eigenvalue weighted by molar-refractivity contribution is 4.66. The van der Waals surface area contributed by atoms with Crippen molar-refractivity contribution in [3.8, 4) is 0 Å². The molecule has 0 heteroatoms. The van der Waals surface area contributed by atoms with E-state index in [9.17, 15) is 0 Å². The van der Waals surface area contributed by atoms with Gasteiger partial charge in [-0.2, -0.15) is 0 Å². The van der Waals surface area contributed by atoms with E-state index in [4.69, 9.17) is 0 Å². The fraction of sp³-hybridized carbons (Fsp3) is 1.00. The average molecular weight is 240 g/mol. The average Bonchev–Trinajstić information content (AvgIpc) is 2.36. The maximum absolute atomic E-state index is 2.39. The van der Waals surface area contributed by atoms with Crippen LogP contribution in [0.1, 0.15) is 98.3 Å². The van der Waals surface area contributed by atoms with Crippen molar-refractivity contribution in [3.05, 3.63) is 0 Å². The van der Waals surface area contributed by atoms with Crippen LogP contribution in [0.25, 0.3) is 0 Å². The van der Waals surface area contributed by atoms with Crippen LogP contribution in [0.4, 0.5) is 0 Å². The first-order valence-electron chi connectivity index (χ1n) is 8.28. The molecular weight excluding hydrogens is 204 g/mol. The van der Waals surface area contributed by atoms with Crippen LogP contribution >= 0.6 is 0 Å². The summed E-state index contributed by atoms with van der Waals surface area (Å²) in [5.41, 5.74) is 0. The molecule has 0 aromatic rings. The van der Waals surface area contributed by atoms with Crippen LogP contribution in [0.5, 0.6) is 0 Å². The van der Waals surface area contributed by atoms with E-state index in [-0.39, 0.29) is 0 Å². The summed E-state index contributed by atoms with van der Waals surface area (Å²) in [7, 11) is 0. The van der Waals surface area contributed by atoms with Gasteiger partial charge in [0.15, 0.2) is 0 Å². The second-order valence-electron chi connectivity index (χ2n) is 5.80. The van der Waals surface area contributed by atoms with E-state index in [1.165, 1.54) is 70.6 Å². The lowest BCUT2D eigenvalue weighted by molar-refractivity contribution is 0.299. The summed E-state index contributed by atoms with van der Waals surface area (Å²) >= 11 is 0. The van der Waals surface area contributed by atoms with Crippen molar-refractivity contribution in [3.63, 3.8) is 0 Å². The van der Waals surface area contributed by atoms with Gasteiger partial charge in [-0.15, -0.1) is 0 Å². The summed E-state index contributed by atoms with van der Waals surface area (Å²) in [6.07, 6.45) is 15.8. The minimum absolute atomic E-state index is 1.01. The van der Waals surface area contributed by atoms with E-state index >= 15 is 0 Å². The molecular formula is C17H36. The van der Waals surface area contributed by atoms with E-state index < -0.39 is 0 Å². The molecule has 0 heterocycles. The van der Waals surface area contributed by atoms with Gasteiger partial charge >= 0.3 is 0 Å². The Kier molecular flexibility index (Phi) is 12.5. The first kappa shape index (κ1) is 17.0. The van der Waals surface area contributed by atoms with Crippen LogP contribution in [-0.4, -0.2) is 0 Å². The fourth-order valence-electron chi connectivity index (χ4n) is 2.82. The molecule has 104 valence electrons. The summed E-state index contributed by atoms with van der Waals surface area (Å²) < 4.78 is 0. The van der Waals surface area contributed by atoms with Crippen LogP contribution in [-0.2, 0) is 0 Å². The molecule has 17 heavy (non-hydrogen) atoms. The van der Waals surface area contributed by atoms with Gasteiger partial charge in [-0.1, -0.05) is 91.9 Å². The van der Waals surface area contributed by atoms with E-state index in [1.54, 1.807) is 0 Å². The van der Waals surface area contributed by atoms with E-state index in [2.05, 4.69) is 27.7 Å². The van der Waals surface area contributed by atoms with Gasteiger partial charge in [-0.05, 0) is 18.3 Å². The van der Waals surface area contributed by atoms with Gasteiger partial charge in [-0.3, -0.25) is 0 Å². The van der Waals surface area contributed by atoms with Crippen molar-refractivity contribution in [2.45, 2.75) is 98.3 Å². The third-order valence-electron chi connectivity index (χ3n) is 4.14. The van der Waals surface area contributed by atoms with Crippen LogP contribution in [0.15, 0.2) is 0 Å². The fourth-order valence-corrected chi connectivity index (χ4v) is 2.82. The molecule has 0 aliphatic heterocycles. The molecule has 0 aromatic carbocycles. The molecule has 0 bridgehead atoms. The second-order valence-corrected chi connectivity index (χ2v) is 5.80. The number of hydrogen-bond acceptors (Lipinski definition) is 0. The SMILES string of the molecule is CCCCC(CC)CC(CCCC)CCCC. The topological polar surface area (TPSA) is 0 Å². The van der Waals surface area contributed by atoms with Gasteiger partial charge in [0.2, 0.25) is 0 Å². The normalized spacial score (nSPS) is 13.2. The molecule has 0 amide bonds. The van der Waals surface area contributed by atoms with Crippen LogP contribution < -0.4 is 0 Å². The molecule has 0 nitrogen and oxygen atoms in total. The standard InChI is InChI=1S/C17H36/c1-5-9-12-16(8-4)15-17(13-10-6-2)14-11-7-3/h16-17H,5-15H2,1-4H3. The van der Waals surface area contributed by atoms with Crippen molar-refractivity contribution >= 4 is 0 Å². The molecule has 0 fully saturated rings. The molecule has 0 aliphatic rings. The predicted octanol–water partition coefficient (Wildman–Crippen LogP) is 6.59. The van der Waals surface area contributed by atoms with Gasteiger partial charge in [0.05, 0.1) is 0 Å². The minimum atomic E-state index is 1.01. The zero-order valence-electron chi connectivity index (χ0n) is 12.9. The van der Waals surface area contributed by atoms with Crippen LogP contribution in [0, 0.1) is 11.8 Å². The van der Waals surface area contributed by atoms with E-state index in [1.807, 2.05) is 0 Å². The second kappa shape index (κ2) is 12.5. The first-order chi connectivity index (χ1) is 8.28. The Hall–Kier alpha value is 0. The summed E-state index contributed by atoms with van der Waals surface area (Å²) in [6, 6.07) is 0. The maximum atomic E-state index is 2.39. The highest BCUT2D eigenvalue weighted by atomic mass is 14.2. The minimum Gasteiger partial charge on any atom is -0.0654 e. The lowest BCUT2D eigenvalue weighted by Crippen LogP contribution is -2.09. The van der Waals surface area contributed by atoms with Crippen LogP contribution in [0.2, 0.25) is 0 Å². The Bertz CT molecular complexity index is 131. The van der Waals surface area contributed by atoms with Gasteiger partial charge in [0, 0.05) is 0 Å². The van der Waals surface area contributed by atoms with Crippen molar-refractivity contribution < 1.29 is 0 Å². The number of unbranched alkanes of at least 4 members (excludes halogenated alkanes) is 3. The quantitative estimate of drug-likeness (QED) is 0.361. The van der Waals surface area contributed by atoms with Gasteiger partial charge in [0.1, 0.15) is 0 Å². The number of hydrogen-bond donors (Lipinski definition) is 0. The molecule has 1 atom stereocenters. The monoisotopic (exact) mass is 240 g/mol. The molecule has 0 N–H and O–H groups in total. The van der Waals surface area contributed by atoms with Gasteiger partial charge in [-0.25, -0.2) is 0 Å². The van der Waals surface area contributed by atoms with Crippen molar-refractivity contribution in [2.75, 3.05) is 0 Å². The van der Waals surface area contributed by atoms with Crippen molar-refractivity contribution in [2.24, 2.45) is 11.8 Å². The van der Waals surface area contributed by atoms with Crippen molar-refractivity contribution in [1.82, 2.24) is 0 Å². The molecule has 0 saturated heterocycles. The highest BCUT2D eigenvalue weighted by Crippen LogP contribution is 2.28. The van der Waals surface area contributed by atoms with E-state index in [0.29, 0.717) is 0 Å². The number of rotatable bonds is 12. The molecule has 0 aromatic heterocycles. The lowest BCUT2D eigenvalue weighted by atomic mass is 9.83. The molecule has 0 saturated carbocycles. The Balaban J connectivity index is 3.97. The third-order valence-corrected chi connectivity index (χ3v) is 4.14. The molecule has 1 unspecified atom stereocenters. The Morgan fingerprint density at radius 2 is 1.00 bits per heavy atom. The maximum Gasteiger partial charge on any atom is -0.0412 e. The largest absolute Gasteiger partial charge is 0.0654 e. The van der Waals surface area contributed by atoms with Gasteiger partial charge < -0.3 is 0 Å². The zero-order valence-corrected chi connectivity index (χ0v) is 12.9. The van der Waals surface area contributed by atoms with E-state index in [0.717, 1.165) is 11.8 Å². The Morgan fingerprint density at radius 1 is 0.588 bits per heavy atom.